The van der Waals surface area contributed by atoms with Gasteiger partial charge in [-0.15, -0.1) is 0 Å². The van der Waals surface area contributed by atoms with Gasteiger partial charge in [-0.3, -0.25) is 4.90 Å². The number of nitriles is 1. The molecule has 1 aromatic rings. The van der Waals surface area contributed by atoms with E-state index in [9.17, 15) is 4.79 Å². The highest BCUT2D eigenvalue weighted by Crippen LogP contribution is 2.35. The zero-order valence-corrected chi connectivity index (χ0v) is 14.5. The van der Waals surface area contributed by atoms with Crippen LogP contribution in [0.15, 0.2) is 18.2 Å². The molecule has 0 saturated carbocycles. The summed E-state index contributed by atoms with van der Waals surface area (Å²) in [7, 11) is 0. The molecule has 0 aliphatic carbocycles. The van der Waals surface area contributed by atoms with Gasteiger partial charge in [0.1, 0.15) is 5.60 Å². The Hall–Kier alpha value is -2.42. The van der Waals surface area contributed by atoms with Crippen molar-refractivity contribution >= 4 is 17.5 Å². The molecule has 2 unspecified atom stereocenters. The maximum absolute atomic E-state index is 12.5. The lowest BCUT2D eigenvalue weighted by molar-refractivity contribution is 0.0123. The molecular formula is C18H24N4O2. The highest BCUT2D eigenvalue weighted by atomic mass is 16.6. The number of anilines is 2. The third-order valence-corrected chi connectivity index (χ3v) is 4.58. The largest absolute Gasteiger partial charge is 0.444 e. The summed E-state index contributed by atoms with van der Waals surface area (Å²) in [6, 6.07) is 7.79. The minimum atomic E-state index is -0.481. The van der Waals surface area contributed by atoms with E-state index in [0.29, 0.717) is 11.3 Å². The fourth-order valence-electron chi connectivity index (χ4n) is 3.62. The highest BCUT2D eigenvalue weighted by molar-refractivity contribution is 5.73. The monoisotopic (exact) mass is 328 g/mol. The maximum atomic E-state index is 12.5. The molecule has 2 atom stereocenters. The molecule has 6 heteroatoms. The van der Waals surface area contributed by atoms with Crippen molar-refractivity contribution in [1.82, 2.24) is 4.90 Å². The molecule has 0 spiro atoms. The van der Waals surface area contributed by atoms with Gasteiger partial charge in [0.2, 0.25) is 0 Å². The Morgan fingerprint density at radius 2 is 1.92 bits per heavy atom. The van der Waals surface area contributed by atoms with E-state index in [1.807, 2.05) is 31.7 Å². The van der Waals surface area contributed by atoms with Crippen LogP contribution in [0.4, 0.5) is 16.2 Å². The SMILES string of the molecule is CC(C)(C)OC(=O)N1C2CCC1CN(c1ccc(C#N)cc1N)C2. The second-order valence-corrected chi connectivity index (χ2v) is 7.56. The number of hydrogen-bond donors (Lipinski definition) is 1. The molecule has 2 aliphatic rings. The van der Waals surface area contributed by atoms with E-state index in [1.54, 1.807) is 12.1 Å². The first-order chi connectivity index (χ1) is 11.3. The van der Waals surface area contributed by atoms with Crippen molar-refractivity contribution in [3.05, 3.63) is 23.8 Å². The quantitative estimate of drug-likeness (QED) is 0.802. The van der Waals surface area contributed by atoms with Crippen molar-refractivity contribution < 1.29 is 9.53 Å². The van der Waals surface area contributed by atoms with Gasteiger partial charge in [-0.25, -0.2) is 4.79 Å². The zero-order valence-electron chi connectivity index (χ0n) is 14.5. The second-order valence-electron chi connectivity index (χ2n) is 7.56. The molecule has 6 nitrogen and oxygen atoms in total. The van der Waals surface area contributed by atoms with E-state index in [-0.39, 0.29) is 18.2 Å². The van der Waals surface area contributed by atoms with Crippen molar-refractivity contribution in [3.8, 4) is 6.07 Å². The zero-order chi connectivity index (χ0) is 17.5. The lowest BCUT2D eigenvalue weighted by Crippen LogP contribution is -2.56. The molecule has 2 fully saturated rings. The molecule has 2 N–H and O–H groups in total. The van der Waals surface area contributed by atoms with Crippen LogP contribution in [0.25, 0.3) is 0 Å². The predicted octanol–water partition coefficient (Wildman–Crippen LogP) is 2.73. The number of ether oxygens (including phenoxy) is 1. The van der Waals surface area contributed by atoms with E-state index < -0.39 is 5.60 Å². The number of nitrogen functional groups attached to an aromatic ring is 1. The minimum absolute atomic E-state index is 0.147. The van der Waals surface area contributed by atoms with Crippen LogP contribution in [0.5, 0.6) is 0 Å². The van der Waals surface area contributed by atoms with Crippen LogP contribution < -0.4 is 10.6 Å². The predicted molar refractivity (Wildman–Crippen MR) is 92.7 cm³/mol. The van der Waals surface area contributed by atoms with Gasteiger partial charge in [-0.05, 0) is 51.8 Å². The highest BCUT2D eigenvalue weighted by Gasteiger charge is 2.44. The summed E-state index contributed by atoms with van der Waals surface area (Å²) in [5.74, 6) is 0. The second kappa shape index (κ2) is 5.90. The molecule has 2 saturated heterocycles. The average molecular weight is 328 g/mol. The third-order valence-electron chi connectivity index (χ3n) is 4.58. The van der Waals surface area contributed by atoms with Gasteiger partial charge >= 0.3 is 6.09 Å². The van der Waals surface area contributed by atoms with Crippen molar-refractivity contribution in [2.75, 3.05) is 23.7 Å². The number of nitrogens with two attached hydrogens (primary N) is 1. The molecule has 2 heterocycles. The van der Waals surface area contributed by atoms with Gasteiger partial charge in [0.05, 0.1) is 35.1 Å². The maximum Gasteiger partial charge on any atom is 0.410 e. The van der Waals surface area contributed by atoms with E-state index in [4.69, 9.17) is 15.7 Å². The molecule has 1 aromatic carbocycles. The number of rotatable bonds is 1. The van der Waals surface area contributed by atoms with Crippen LogP contribution in [0.1, 0.15) is 39.2 Å². The Morgan fingerprint density at radius 1 is 1.29 bits per heavy atom. The number of piperazine rings is 1. The van der Waals surface area contributed by atoms with Crippen molar-refractivity contribution in [2.45, 2.75) is 51.3 Å². The first-order valence-corrected chi connectivity index (χ1v) is 8.34. The van der Waals surface area contributed by atoms with Crippen LogP contribution in [0.3, 0.4) is 0 Å². The summed E-state index contributed by atoms with van der Waals surface area (Å²) in [6.45, 7) is 7.15. The lowest BCUT2D eigenvalue weighted by atomic mass is 10.1. The third kappa shape index (κ3) is 3.12. The Morgan fingerprint density at radius 3 is 2.42 bits per heavy atom. The first kappa shape index (κ1) is 16.4. The van der Waals surface area contributed by atoms with Gasteiger partial charge in [-0.2, -0.15) is 5.26 Å². The standard InChI is InChI=1S/C18H24N4O2/c1-18(2,3)24-17(23)22-13-5-6-14(22)11-21(10-13)16-7-4-12(9-19)8-15(16)20/h4,7-8,13-14H,5-6,10-11,20H2,1-3H3. The Balaban J connectivity index is 1.76. The van der Waals surface area contributed by atoms with E-state index in [2.05, 4.69) is 11.0 Å². The van der Waals surface area contributed by atoms with Crippen LogP contribution in [-0.2, 0) is 4.74 Å². The summed E-state index contributed by atoms with van der Waals surface area (Å²) in [5.41, 5.74) is 7.75. The van der Waals surface area contributed by atoms with Crippen LogP contribution >= 0.6 is 0 Å². The number of carbonyl (C=O) groups is 1. The van der Waals surface area contributed by atoms with Crippen LogP contribution in [0.2, 0.25) is 0 Å². The minimum Gasteiger partial charge on any atom is -0.444 e. The fourth-order valence-corrected chi connectivity index (χ4v) is 3.62. The number of fused-ring (bicyclic) bond motifs is 2. The molecule has 24 heavy (non-hydrogen) atoms. The summed E-state index contributed by atoms with van der Waals surface area (Å²) in [5, 5.41) is 8.97. The number of carbonyl (C=O) groups excluding carboxylic acids is 1. The Labute approximate surface area is 142 Å². The van der Waals surface area contributed by atoms with Gasteiger partial charge in [0.15, 0.2) is 0 Å². The average Bonchev–Trinajstić information content (AvgIpc) is 2.76. The number of amides is 1. The number of benzene rings is 1. The van der Waals surface area contributed by atoms with E-state index in [0.717, 1.165) is 31.6 Å². The molecule has 128 valence electrons. The topological polar surface area (TPSA) is 82.6 Å². The van der Waals surface area contributed by atoms with E-state index >= 15 is 0 Å². The van der Waals surface area contributed by atoms with Gasteiger partial charge in [-0.1, -0.05) is 0 Å². The summed E-state index contributed by atoms with van der Waals surface area (Å²) >= 11 is 0. The normalized spacial score (nSPS) is 23.1. The summed E-state index contributed by atoms with van der Waals surface area (Å²) < 4.78 is 5.56. The van der Waals surface area contributed by atoms with Crippen molar-refractivity contribution in [3.63, 3.8) is 0 Å². The number of hydrogen-bond acceptors (Lipinski definition) is 5. The van der Waals surface area contributed by atoms with E-state index in [1.165, 1.54) is 0 Å². The molecule has 2 bridgehead atoms. The molecule has 0 radical (unpaired) electrons. The summed E-state index contributed by atoms with van der Waals surface area (Å²) in [4.78, 5) is 16.6. The molecule has 3 rings (SSSR count). The van der Waals surface area contributed by atoms with Crippen molar-refractivity contribution in [1.29, 1.82) is 5.26 Å². The van der Waals surface area contributed by atoms with Gasteiger partial charge in [0.25, 0.3) is 0 Å². The van der Waals surface area contributed by atoms with Crippen LogP contribution in [-0.4, -0.2) is 41.8 Å². The Kier molecular flexibility index (Phi) is 4.04. The number of nitrogens with zero attached hydrogens (tertiary/aromatic N) is 3. The molecule has 2 aliphatic heterocycles. The molecular weight excluding hydrogens is 304 g/mol. The lowest BCUT2D eigenvalue weighted by Gasteiger charge is -2.42. The Bertz CT molecular complexity index is 675. The van der Waals surface area contributed by atoms with Gasteiger partial charge in [0, 0.05) is 13.1 Å². The smallest absolute Gasteiger partial charge is 0.410 e. The first-order valence-electron chi connectivity index (χ1n) is 8.34. The van der Waals surface area contributed by atoms with Gasteiger partial charge < -0.3 is 15.4 Å². The van der Waals surface area contributed by atoms with Crippen LogP contribution in [0, 0.1) is 11.3 Å². The fraction of sp³-hybridized carbons (Fsp3) is 0.556. The van der Waals surface area contributed by atoms with Crippen molar-refractivity contribution in [2.24, 2.45) is 0 Å². The summed E-state index contributed by atoms with van der Waals surface area (Å²) in [6.07, 6.45) is 1.75. The molecule has 0 aromatic heterocycles. The molecule has 1 amide bonds.